The van der Waals surface area contributed by atoms with Crippen LogP contribution in [0.5, 0.6) is 0 Å². The maximum atomic E-state index is 12.1. The van der Waals surface area contributed by atoms with E-state index in [9.17, 15) is 4.79 Å². The van der Waals surface area contributed by atoms with Crippen LogP contribution in [-0.4, -0.2) is 31.0 Å². The second-order valence-electron chi connectivity index (χ2n) is 7.88. The molecule has 0 spiro atoms. The summed E-state index contributed by atoms with van der Waals surface area (Å²) in [5, 5.41) is 0. The number of quaternary nitrogens is 1. The summed E-state index contributed by atoms with van der Waals surface area (Å²) in [4.78, 5) is 12.1. The zero-order chi connectivity index (χ0) is 18.8. The van der Waals surface area contributed by atoms with E-state index in [-0.39, 0.29) is 0 Å². The smallest absolute Gasteiger partial charge is 0.262 e. The first-order chi connectivity index (χ1) is 12.0. The molecule has 0 aromatic heterocycles. The van der Waals surface area contributed by atoms with Crippen molar-refractivity contribution < 1.29 is 9.28 Å². The summed E-state index contributed by atoms with van der Waals surface area (Å²) in [6.07, 6.45) is 24.1. The average molecular weight is 351 g/mol. The minimum atomic E-state index is 0.331. The maximum Gasteiger partial charge on any atom is 0.313 e. The van der Waals surface area contributed by atoms with E-state index in [0.717, 1.165) is 13.0 Å². The molecule has 0 aliphatic heterocycles. The zero-order valence-corrected chi connectivity index (χ0v) is 17.4. The highest BCUT2D eigenvalue weighted by Crippen LogP contribution is 2.11. The van der Waals surface area contributed by atoms with Crippen molar-refractivity contribution >= 4 is 5.91 Å². The molecule has 0 aromatic rings. The highest BCUT2D eigenvalue weighted by Gasteiger charge is 2.23. The average Bonchev–Trinajstić information content (AvgIpc) is 2.58. The summed E-state index contributed by atoms with van der Waals surface area (Å²) >= 11 is 0. The summed E-state index contributed by atoms with van der Waals surface area (Å²) in [7, 11) is 3.95. The normalized spacial score (nSPS) is 12.0. The van der Waals surface area contributed by atoms with Crippen molar-refractivity contribution in [2.45, 2.75) is 96.8 Å². The molecule has 0 aliphatic carbocycles. The number of allylic oxidation sites excluding steroid dienone is 2. The number of carbonyl (C=O) groups excluding carboxylic acids is 1. The van der Waals surface area contributed by atoms with E-state index in [2.05, 4.69) is 25.7 Å². The Bertz CT molecular complexity index is 357. The molecule has 0 rings (SSSR count). The van der Waals surface area contributed by atoms with Crippen LogP contribution in [0.4, 0.5) is 0 Å². The van der Waals surface area contributed by atoms with Gasteiger partial charge in [0.25, 0.3) is 0 Å². The van der Waals surface area contributed by atoms with E-state index in [1.54, 1.807) is 0 Å². The van der Waals surface area contributed by atoms with Crippen LogP contribution >= 0.6 is 0 Å². The zero-order valence-electron chi connectivity index (χ0n) is 17.4. The van der Waals surface area contributed by atoms with Crippen LogP contribution in [0.15, 0.2) is 24.8 Å². The summed E-state index contributed by atoms with van der Waals surface area (Å²) in [5.74, 6) is 0.331. The van der Waals surface area contributed by atoms with Gasteiger partial charge in [-0.1, -0.05) is 77.0 Å². The fraction of sp³-hybridized carbons (Fsp3) is 0.783. The second-order valence-corrected chi connectivity index (χ2v) is 7.88. The summed E-state index contributed by atoms with van der Waals surface area (Å²) in [6, 6.07) is 0. The minimum Gasteiger partial charge on any atom is -0.262 e. The lowest BCUT2D eigenvalue weighted by Crippen LogP contribution is -2.45. The number of carbonyl (C=O) groups is 1. The van der Waals surface area contributed by atoms with Crippen molar-refractivity contribution in [3.05, 3.63) is 24.8 Å². The van der Waals surface area contributed by atoms with Crippen LogP contribution in [0.1, 0.15) is 96.8 Å². The predicted octanol–water partition coefficient (Wildman–Crippen LogP) is 6.81. The largest absolute Gasteiger partial charge is 0.313 e. The van der Waals surface area contributed by atoms with Crippen LogP contribution in [0.2, 0.25) is 0 Å². The van der Waals surface area contributed by atoms with E-state index in [1.165, 1.54) is 77.0 Å². The van der Waals surface area contributed by atoms with Gasteiger partial charge in [0, 0.05) is 0 Å². The van der Waals surface area contributed by atoms with Crippen LogP contribution < -0.4 is 0 Å². The molecule has 0 aliphatic rings. The molecule has 0 N–H and O–H groups in total. The molecular formula is C23H44NO+. The van der Waals surface area contributed by atoms with E-state index in [0.29, 0.717) is 16.8 Å². The molecule has 2 nitrogen and oxygen atoms in total. The maximum absolute atomic E-state index is 12.1. The summed E-state index contributed by atoms with van der Waals surface area (Å²) in [5.41, 5.74) is 0. The first kappa shape index (κ1) is 24.1. The Hall–Kier alpha value is -0.890. The Morgan fingerprint density at radius 2 is 1.28 bits per heavy atom. The Kier molecular flexibility index (Phi) is 16.0. The van der Waals surface area contributed by atoms with Gasteiger partial charge in [0.1, 0.15) is 6.54 Å². The number of hydrogen-bond acceptors (Lipinski definition) is 1. The Morgan fingerprint density at radius 1 is 0.800 bits per heavy atom. The van der Waals surface area contributed by atoms with Gasteiger partial charge < -0.3 is 0 Å². The fourth-order valence-corrected chi connectivity index (χ4v) is 3.07. The molecule has 0 saturated carbocycles. The molecule has 0 atom stereocenters. The third-order valence-electron chi connectivity index (χ3n) is 4.91. The van der Waals surface area contributed by atoms with Crippen molar-refractivity contribution in [3.63, 3.8) is 0 Å². The van der Waals surface area contributed by atoms with Gasteiger partial charge in [0.2, 0.25) is 0 Å². The Morgan fingerprint density at radius 3 is 1.80 bits per heavy atom. The van der Waals surface area contributed by atoms with Crippen molar-refractivity contribution in [2.75, 3.05) is 20.6 Å². The molecule has 146 valence electrons. The fourth-order valence-electron chi connectivity index (χ4n) is 3.07. The van der Waals surface area contributed by atoms with Crippen molar-refractivity contribution in [1.82, 2.24) is 0 Å². The lowest BCUT2D eigenvalue weighted by Gasteiger charge is -2.25. The van der Waals surface area contributed by atoms with Crippen molar-refractivity contribution in [2.24, 2.45) is 0 Å². The minimum absolute atomic E-state index is 0.331. The number of rotatable bonds is 17. The number of amides is 1. The van der Waals surface area contributed by atoms with Gasteiger partial charge in [-0.25, -0.2) is 4.79 Å². The van der Waals surface area contributed by atoms with Gasteiger partial charge in [-0.3, -0.25) is 4.48 Å². The van der Waals surface area contributed by atoms with Crippen LogP contribution in [-0.2, 0) is 4.79 Å². The van der Waals surface area contributed by atoms with Crippen molar-refractivity contribution in [3.8, 4) is 0 Å². The Labute approximate surface area is 158 Å². The SMILES string of the molecule is C=CC[N+](C)(C)C(=O)CCCCCCCC=CCCCCCCCC. The highest BCUT2D eigenvalue weighted by atomic mass is 16.2. The number of unbranched alkanes of at least 4 members (excludes halogenated alkanes) is 11. The second kappa shape index (κ2) is 16.6. The summed E-state index contributed by atoms with van der Waals surface area (Å²) in [6.45, 7) is 6.73. The monoisotopic (exact) mass is 350 g/mol. The van der Waals surface area contributed by atoms with Gasteiger partial charge in [0.15, 0.2) is 0 Å². The quantitative estimate of drug-likeness (QED) is 0.160. The van der Waals surface area contributed by atoms with Crippen LogP contribution in [0.25, 0.3) is 0 Å². The lowest BCUT2D eigenvalue weighted by atomic mass is 10.1. The third kappa shape index (κ3) is 15.1. The van der Waals surface area contributed by atoms with Gasteiger partial charge in [-0.05, 0) is 38.2 Å². The molecular weight excluding hydrogens is 306 g/mol. The molecule has 0 unspecified atom stereocenters. The van der Waals surface area contributed by atoms with E-state index in [1.807, 2.05) is 20.2 Å². The van der Waals surface area contributed by atoms with Crippen molar-refractivity contribution in [1.29, 1.82) is 0 Å². The van der Waals surface area contributed by atoms with E-state index in [4.69, 9.17) is 0 Å². The molecule has 0 bridgehead atoms. The van der Waals surface area contributed by atoms with Crippen LogP contribution in [0, 0.1) is 0 Å². The number of likely N-dealkylation sites (N-methyl/N-ethyl adjacent to an activating group) is 1. The topological polar surface area (TPSA) is 17.1 Å². The molecule has 0 aromatic carbocycles. The number of nitrogens with zero attached hydrogens (tertiary/aromatic N) is 1. The van der Waals surface area contributed by atoms with Gasteiger partial charge >= 0.3 is 5.91 Å². The molecule has 25 heavy (non-hydrogen) atoms. The molecule has 0 saturated heterocycles. The van der Waals surface area contributed by atoms with Crippen LogP contribution in [0.3, 0.4) is 0 Å². The van der Waals surface area contributed by atoms with Gasteiger partial charge in [-0.15, -0.1) is 0 Å². The molecule has 2 heteroatoms. The van der Waals surface area contributed by atoms with Gasteiger partial charge in [-0.2, -0.15) is 0 Å². The Balaban J connectivity index is 3.37. The molecule has 0 radical (unpaired) electrons. The highest BCUT2D eigenvalue weighted by molar-refractivity contribution is 5.68. The lowest BCUT2D eigenvalue weighted by molar-refractivity contribution is -0.807. The van der Waals surface area contributed by atoms with Gasteiger partial charge in [0.05, 0.1) is 20.5 Å². The molecule has 0 heterocycles. The molecule has 1 amide bonds. The number of hydrogen-bond donors (Lipinski definition) is 0. The third-order valence-corrected chi connectivity index (χ3v) is 4.91. The molecule has 0 fully saturated rings. The first-order valence-corrected chi connectivity index (χ1v) is 10.7. The first-order valence-electron chi connectivity index (χ1n) is 10.7. The van der Waals surface area contributed by atoms with E-state index < -0.39 is 0 Å². The van der Waals surface area contributed by atoms with E-state index >= 15 is 0 Å². The standard InChI is InChI=1S/C23H44NO/c1-5-7-8-9-10-11-12-13-14-15-16-17-18-19-20-21-23(25)24(3,4)22-6-2/h6,13-14H,2,5,7-12,15-22H2,1,3-4H3/q+1. The predicted molar refractivity (Wildman–Crippen MR) is 112 cm³/mol. The summed E-state index contributed by atoms with van der Waals surface area (Å²) < 4.78 is 0.437.